The Kier molecular flexibility index (Phi) is 7.94. The van der Waals surface area contributed by atoms with Crippen molar-refractivity contribution >= 4 is 40.3 Å². The smallest absolute Gasteiger partial charge is 0.368 e. The van der Waals surface area contributed by atoms with Crippen molar-refractivity contribution in [2.75, 3.05) is 5.73 Å². The number of aromatic amines is 2. The molecule has 1 saturated carbocycles. The molecule has 4 N–H and O–H groups in total. The van der Waals surface area contributed by atoms with Gasteiger partial charge in [0, 0.05) is 28.6 Å². The Morgan fingerprint density at radius 2 is 1.69 bits per heavy atom. The highest BCUT2D eigenvalue weighted by Crippen LogP contribution is 2.37. The number of fused-ring (bicyclic) bond motifs is 1. The summed E-state index contributed by atoms with van der Waals surface area (Å²) in [7, 11) is 0. The van der Waals surface area contributed by atoms with Gasteiger partial charge in [0.1, 0.15) is 12.0 Å². The third-order valence-electron chi connectivity index (χ3n) is 5.72. The first-order valence-corrected chi connectivity index (χ1v) is 12.1. The van der Waals surface area contributed by atoms with E-state index >= 15 is 0 Å². The molecule has 4 aromatic rings. The number of carbonyl (C=O) groups excluding carboxylic acids is 2. The van der Waals surface area contributed by atoms with Crippen LogP contribution in [-0.4, -0.2) is 69.1 Å². The van der Waals surface area contributed by atoms with Gasteiger partial charge in [0.25, 0.3) is 0 Å². The predicted octanol–water partition coefficient (Wildman–Crippen LogP) is 4.05. The van der Waals surface area contributed by atoms with Crippen molar-refractivity contribution in [2.45, 2.75) is 54.5 Å². The van der Waals surface area contributed by atoms with E-state index in [0.717, 1.165) is 53.1 Å². The molecule has 1 aliphatic carbocycles. The van der Waals surface area contributed by atoms with Gasteiger partial charge < -0.3 is 10.7 Å². The SMILES string of the molecule is Nc1nc(SC2CCC(n3cc(-c4ncnc5[nH]ccc45)cn3)CC2)n[nH]1.O=C(C(=O)C(F)(F)F)C(F)(F)F. The number of aromatic nitrogens is 8. The Bertz CT molecular complexity index is 1430. The molecular formula is C21H19F6N9O2S. The van der Waals surface area contributed by atoms with E-state index in [4.69, 9.17) is 5.73 Å². The standard InChI is InChI=1S/C17H19N9S.C4F6O2/c18-16-23-17(25-24-16)27-12-3-1-11(2-4-12)26-8-10(7-22-26)14-13-5-6-19-15(13)21-9-20-14;5-3(6,7)1(11)2(12)4(8,9)10/h5-9,11-12H,1-4H2,(H,19,20,21)(H3,18,23,24,25);. The maximum absolute atomic E-state index is 11.2. The van der Waals surface area contributed by atoms with Crippen molar-refractivity contribution in [3.8, 4) is 11.3 Å². The van der Waals surface area contributed by atoms with Crippen molar-refractivity contribution in [3.63, 3.8) is 0 Å². The van der Waals surface area contributed by atoms with E-state index in [1.807, 2.05) is 18.5 Å². The van der Waals surface area contributed by atoms with E-state index in [-0.39, 0.29) is 0 Å². The van der Waals surface area contributed by atoms with Crippen LogP contribution in [0.4, 0.5) is 32.3 Å². The molecule has 0 unspecified atom stereocenters. The van der Waals surface area contributed by atoms with Gasteiger partial charge in [-0.25, -0.2) is 15.1 Å². The maximum atomic E-state index is 11.2. The lowest BCUT2D eigenvalue weighted by atomic mass is 9.95. The number of nitrogen functional groups attached to an aromatic ring is 1. The van der Waals surface area contributed by atoms with Crippen LogP contribution in [0.15, 0.2) is 36.1 Å². The molecular weight excluding hydrogens is 556 g/mol. The summed E-state index contributed by atoms with van der Waals surface area (Å²) in [5.41, 5.74) is 8.38. The maximum Gasteiger partial charge on any atom is 0.458 e. The van der Waals surface area contributed by atoms with Gasteiger partial charge in [-0.2, -0.15) is 36.4 Å². The van der Waals surface area contributed by atoms with Crippen LogP contribution in [0.5, 0.6) is 0 Å². The predicted molar refractivity (Wildman–Crippen MR) is 125 cm³/mol. The van der Waals surface area contributed by atoms with Gasteiger partial charge in [-0.15, -0.1) is 5.10 Å². The zero-order chi connectivity index (χ0) is 28.4. The summed E-state index contributed by atoms with van der Waals surface area (Å²) in [6.07, 6.45) is 0.305. The monoisotopic (exact) mass is 575 g/mol. The molecule has 0 radical (unpaired) electrons. The fraction of sp³-hybridized carbons (Fsp3) is 0.381. The number of hydrogen-bond donors (Lipinski definition) is 3. The van der Waals surface area contributed by atoms with Crippen LogP contribution < -0.4 is 5.73 Å². The molecule has 0 aromatic carbocycles. The molecule has 208 valence electrons. The number of Topliss-reactive ketones (excluding diaryl/α,β-unsaturated/α-hetero) is 2. The molecule has 0 saturated heterocycles. The van der Waals surface area contributed by atoms with Crippen molar-refractivity contribution in [1.82, 2.24) is 39.9 Å². The topological polar surface area (TPSA) is 161 Å². The van der Waals surface area contributed by atoms with Gasteiger partial charge in [-0.05, 0) is 31.7 Å². The number of nitrogens with one attached hydrogen (secondary N) is 2. The first kappa shape index (κ1) is 28.1. The minimum atomic E-state index is -5.77. The Morgan fingerprint density at radius 3 is 2.28 bits per heavy atom. The second-order valence-corrected chi connectivity index (χ2v) is 9.64. The van der Waals surface area contributed by atoms with E-state index in [2.05, 4.69) is 46.1 Å². The minimum absolute atomic E-state index is 0.372. The van der Waals surface area contributed by atoms with Crippen molar-refractivity contribution < 1.29 is 35.9 Å². The van der Waals surface area contributed by atoms with E-state index in [1.165, 1.54) is 0 Å². The van der Waals surface area contributed by atoms with Gasteiger partial charge in [0.05, 0.1) is 17.9 Å². The average Bonchev–Trinajstić information content (AvgIpc) is 3.64. The molecule has 5 rings (SSSR count). The van der Waals surface area contributed by atoms with E-state index in [9.17, 15) is 35.9 Å². The fourth-order valence-corrected chi connectivity index (χ4v) is 4.96. The molecule has 0 aliphatic heterocycles. The molecule has 0 bridgehead atoms. The molecule has 18 heteroatoms. The summed E-state index contributed by atoms with van der Waals surface area (Å²) in [4.78, 5) is 35.2. The zero-order valence-corrected chi connectivity index (χ0v) is 20.4. The summed E-state index contributed by atoms with van der Waals surface area (Å²) in [5.74, 6) is -6.44. The lowest BCUT2D eigenvalue weighted by molar-refractivity contribution is -0.193. The van der Waals surface area contributed by atoms with E-state index in [1.54, 1.807) is 18.1 Å². The number of hydrogen-bond acceptors (Lipinski definition) is 9. The highest BCUT2D eigenvalue weighted by Gasteiger charge is 2.54. The molecule has 1 aliphatic rings. The van der Waals surface area contributed by atoms with Crippen LogP contribution in [0.25, 0.3) is 22.3 Å². The summed E-state index contributed by atoms with van der Waals surface area (Å²) in [5, 5.41) is 13.7. The highest BCUT2D eigenvalue weighted by molar-refractivity contribution is 7.99. The molecule has 1 fully saturated rings. The number of anilines is 1. The Labute approximate surface area is 219 Å². The number of ketones is 2. The molecule has 0 atom stereocenters. The number of thioether (sulfide) groups is 1. The first-order valence-electron chi connectivity index (χ1n) is 11.2. The van der Waals surface area contributed by atoms with Crippen LogP contribution in [0.3, 0.4) is 0 Å². The van der Waals surface area contributed by atoms with Crippen LogP contribution in [0, 0.1) is 0 Å². The lowest BCUT2D eigenvalue weighted by Crippen LogP contribution is -2.39. The minimum Gasteiger partial charge on any atom is -0.368 e. The third-order valence-corrected chi connectivity index (χ3v) is 6.92. The molecule has 11 nitrogen and oxygen atoms in total. The molecule has 4 aromatic heterocycles. The quantitative estimate of drug-likeness (QED) is 0.236. The number of halogens is 6. The second kappa shape index (κ2) is 11.0. The number of rotatable bonds is 5. The van der Waals surface area contributed by atoms with Gasteiger partial charge >= 0.3 is 23.9 Å². The highest BCUT2D eigenvalue weighted by atomic mass is 32.2. The number of H-pyrrole nitrogens is 2. The molecule has 0 spiro atoms. The Balaban J connectivity index is 0.000000251. The number of nitrogens with two attached hydrogens (primary N) is 1. The molecule has 39 heavy (non-hydrogen) atoms. The normalized spacial score (nSPS) is 18.0. The third kappa shape index (κ3) is 6.73. The van der Waals surface area contributed by atoms with Crippen LogP contribution >= 0.6 is 11.8 Å². The summed E-state index contributed by atoms with van der Waals surface area (Å²) < 4.78 is 69.0. The van der Waals surface area contributed by atoms with Gasteiger partial charge in [-0.1, -0.05) is 11.8 Å². The Hall–Kier alpha value is -3.96. The van der Waals surface area contributed by atoms with Crippen LogP contribution in [0.2, 0.25) is 0 Å². The van der Waals surface area contributed by atoms with Gasteiger partial charge in [0.15, 0.2) is 0 Å². The first-order chi connectivity index (χ1) is 18.3. The second-order valence-electron chi connectivity index (χ2n) is 8.38. The van der Waals surface area contributed by atoms with Crippen molar-refractivity contribution in [1.29, 1.82) is 0 Å². The van der Waals surface area contributed by atoms with Crippen LogP contribution in [0.1, 0.15) is 31.7 Å². The lowest BCUT2D eigenvalue weighted by Gasteiger charge is -2.27. The summed E-state index contributed by atoms with van der Waals surface area (Å²) in [6, 6.07) is 2.41. The zero-order valence-electron chi connectivity index (χ0n) is 19.6. The number of carbonyl (C=O) groups is 2. The van der Waals surface area contributed by atoms with E-state index in [0.29, 0.717) is 17.2 Å². The van der Waals surface area contributed by atoms with Gasteiger partial charge in [-0.3, -0.25) is 14.3 Å². The largest absolute Gasteiger partial charge is 0.458 e. The van der Waals surface area contributed by atoms with Crippen LogP contribution in [-0.2, 0) is 9.59 Å². The fourth-order valence-electron chi connectivity index (χ4n) is 3.91. The van der Waals surface area contributed by atoms with Crippen molar-refractivity contribution in [2.24, 2.45) is 0 Å². The number of alkyl halides is 6. The summed E-state index contributed by atoms with van der Waals surface area (Å²) in [6.45, 7) is 0. The average molecular weight is 575 g/mol. The van der Waals surface area contributed by atoms with Gasteiger partial charge in [0.2, 0.25) is 11.1 Å². The number of nitrogens with zero attached hydrogens (tertiary/aromatic N) is 6. The van der Waals surface area contributed by atoms with E-state index < -0.39 is 23.9 Å². The molecule has 4 heterocycles. The Morgan fingerprint density at radius 1 is 1.03 bits per heavy atom. The summed E-state index contributed by atoms with van der Waals surface area (Å²) >= 11 is 1.70. The van der Waals surface area contributed by atoms with Crippen molar-refractivity contribution in [3.05, 3.63) is 31.0 Å². The molecule has 0 amide bonds.